The van der Waals surface area contributed by atoms with Crippen molar-refractivity contribution in [2.75, 3.05) is 33.9 Å². The number of para-hydroxylation sites is 1. The molecule has 5 rings (SSSR count). The van der Waals surface area contributed by atoms with Gasteiger partial charge >= 0.3 is 0 Å². The third kappa shape index (κ3) is 6.27. The van der Waals surface area contributed by atoms with Crippen molar-refractivity contribution >= 4 is 15.9 Å². The number of rotatable bonds is 9. The summed E-state index contributed by atoms with van der Waals surface area (Å²) >= 11 is 0. The van der Waals surface area contributed by atoms with Gasteiger partial charge in [0.25, 0.3) is 5.91 Å². The zero-order valence-electron chi connectivity index (χ0n) is 24.1. The monoisotopic (exact) mass is 578 g/mol. The highest BCUT2D eigenvalue weighted by molar-refractivity contribution is 7.88. The van der Waals surface area contributed by atoms with Crippen LogP contribution in [0.15, 0.2) is 66.7 Å². The minimum atomic E-state index is -3.61. The van der Waals surface area contributed by atoms with E-state index in [0.29, 0.717) is 42.3 Å². The highest BCUT2D eigenvalue weighted by Gasteiger charge is 2.39. The van der Waals surface area contributed by atoms with Crippen molar-refractivity contribution in [2.24, 2.45) is 0 Å². The molecule has 0 bridgehead atoms. The molecule has 1 unspecified atom stereocenters. The number of nitrogens with zero attached hydrogens (tertiary/aromatic N) is 2. The lowest BCUT2D eigenvalue weighted by Crippen LogP contribution is -2.32. The first-order valence-electron chi connectivity index (χ1n) is 14.0. The molecule has 0 spiro atoms. The normalized spacial score (nSPS) is 21.3. The van der Waals surface area contributed by atoms with Gasteiger partial charge in [-0.3, -0.25) is 4.79 Å². The highest BCUT2D eigenvalue weighted by atomic mass is 32.2. The van der Waals surface area contributed by atoms with Crippen LogP contribution in [0, 0.1) is 13.8 Å². The first kappa shape index (κ1) is 29.1. The summed E-state index contributed by atoms with van der Waals surface area (Å²) in [5.41, 5.74) is 4.17. The fourth-order valence-electron chi connectivity index (χ4n) is 5.89. The molecule has 41 heavy (non-hydrogen) atoms. The second-order valence-corrected chi connectivity index (χ2v) is 12.8. The van der Waals surface area contributed by atoms with E-state index >= 15 is 0 Å². The molecule has 0 radical (unpaired) electrons. The van der Waals surface area contributed by atoms with Crippen LogP contribution in [0.2, 0.25) is 0 Å². The van der Waals surface area contributed by atoms with Crippen LogP contribution in [-0.2, 0) is 20.5 Å². The number of aryl methyl sites for hydroxylation is 2. The topological polar surface area (TPSA) is 85.4 Å². The Morgan fingerprint density at radius 1 is 0.951 bits per heavy atom. The summed E-state index contributed by atoms with van der Waals surface area (Å²) in [6, 6.07) is 20.4. The number of sulfonamides is 1. The van der Waals surface area contributed by atoms with Gasteiger partial charge in [0.15, 0.2) is 0 Å². The number of methoxy groups -OCH3 is 2. The second-order valence-electron chi connectivity index (χ2n) is 10.9. The average Bonchev–Trinajstić information content (AvgIpc) is 3.62. The predicted octanol–water partition coefficient (Wildman–Crippen LogP) is 4.90. The third-order valence-electron chi connectivity index (χ3n) is 8.02. The smallest absolute Gasteiger partial charge is 0.254 e. The summed E-state index contributed by atoms with van der Waals surface area (Å²) in [6.07, 6.45) is 0.861. The number of hydrogen-bond donors (Lipinski definition) is 0. The van der Waals surface area contributed by atoms with Gasteiger partial charge in [0.05, 0.1) is 32.0 Å². The molecule has 1 amide bonds. The van der Waals surface area contributed by atoms with Crippen molar-refractivity contribution in [3.8, 4) is 11.5 Å². The van der Waals surface area contributed by atoms with Gasteiger partial charge in [-0.1, -0.05) is 48.0 Å². The summed E-state index contributed by atoms with van der Waals surface area (Å²) in [5, 5.41) is 0. The summed E-state index contributed by atoms with van der Waals surface area (Å²) < 4.78 is 46.4. The van der Waals surface area contributed by atoms with Crippen LogP contribution in [0.1, 0.15) is 51.5 Å². The fourth-order valence-corrected chi connectivity index (χ4v) is 7.67. The first-order valence-corrected chi connectivity index (χ1v) is 15.6. The highest BCUT2D eigenvalue weighted by Crippen LogP contribution is 2.39. The van der Waals surface area contributed by atoms with Crippen LogP contribution >= 0.6 is 0 Å². The van der Waals surface area contributed by atoms with Crippen LogP contribution in [0.4, 0.5) is 0 Å². The van der Waals surface area contributed by atoms with E-state index in [2.05, 4.69) is 0 Å². The van der Waals surface area contributed by atoms with Crippen LogP contribution in [-0.4, -0.2) is 69.6 Å². The Bertz CT molecular complexity index is 1510. The number of ether oxygens (including phenoxy) is 3. The molecule has 2 fully saturated rings. The van der Waals surface area contributed by atoms with Crippen molar-refractivity contribution in [1.82, 2.24) is 9.21 Å². The largest absolute Gasteiger partial charge is 0.496 e. The SMILES string of the molecule is COc1ccccc1C1CCCN1S(=O)(=O)Cc1cccc(O[C@@H]2CN(C(=O)c3cc(C)ccc3C)C[C@H]2OC)c1. The predicted molar refractivity (Wildman–Crippen MR) is 158 cm³/mol. The van der Waals surface area contributed by atoms with Crippen LogP contribution in [0.3, 0.4) is 0 Å². The lowest BCUT2D eigenvalue weighted by atomic mass is 10.0. The Kier molecular flexibility index (Phi) is 8.68. The molecule has 8 nitrogen and oxygen atoms in total. The molecule has 2 saturated heterocycles. The maximum absolute atomic E-state index is 13.6. The minimum absolute atomic E-state index is 0.0468. The van der Waals surface area contributed by atoms with E-state index in [1.165, 1.54) is 0 Å². The quantitative estimate of drug-likeness (QED) is 0.359. The molecule has 0 aliphatic carbocycles. The molecule has 2 aliphatic heterocycles. The lowest BCUT2D eigenvalue weighted by molar-refractivity contribution is 0.0339. The Morgan fingerprint density at radius 3 is 2.51 bits per heavy atom. The summed E-state index contributed by atoms with van der Waals surface area (Å²) in [5.74, 6) is 1.07. The number of benzene rings is 3. The van der Waals surface area contributed by atoms with Crippen LogP contribution < -0.4 is 9.47 Å². The summed E-state index contributed by atoms with van der Waals surface area (Å²) in [4.78, 5) is 15.1. The van der Waals surface area contributed by atoms with Gasteiger partial charge in [0.1, 0.15) is 23.7 Å². The fraction of sp³-hybridized carbons (Fsp3) is 0.406. The van der Waals surface area contributed by atoms with Gasteiger partial charge < -0.3 is 19.1 Å². The molecule has 2 heterocycles. The van der Waals surface area contributed by atoms with Gasteiger partial charge in [0.2, 0.25) is 10.0 Å². The number of amides is 1. The van der Waals surface area contributed by atoms with Crippen molar-refractivity contribution < 1.29 is 27.4 Å². The standard InChI is InChI=1S/C32H38N2O6S/c1-22-14-15-23(2)27(17-22)32(35)33-19-30(39-4)31(20-33)40-25-10-7-9-24(18-25)21-41(36,37)34-16-8-12-28(34)26-11-5-6-13-29(26)38-3/h5-7,9-11,13-15,17-18,28,30-31H,8,12,16,19-21H2,1-4H3/t28?,30-,31-/m1/s1. The number of likely N-dealkylation sites (tertiary alicyclic amines) is 1. The Labute approximate surface area is 242 Å². The average molecular weight is 579 g/mol. The van der Waals surface area contributed by atoms with E-state index in [0.717, 1.165) is 29.5 Å². The lowest BCUT2D eigenvalue weighted by Gasteiger charge is -2.26. The van der Waals surface area contributed by atoms with Gasteiger partial charge in [-0.15, -0.1) is 0 Å². The molecule has 0 saturated carbocycles. The summed E-state index contributed by atoms with van der Waals surface area (Å²) in [7, 11) is -0.387. The van der Waals surface area contributed by atoms with E-state index in [-0.39, 0.29) is 29.9 Å². The first-order chi connectivity index (χ1) is 19.7. The van der Waals surface area contributed by atoms with Crippen molar-refractivity contribution in [3.05, 3.63) is 94.5 Å². The molecular weight excluding hydrogens is 540 g/mol. The maximum atomic E-state index is 13.6. The molecule has 9 heteroatoms. The van der Waals surface area contributed by atoms with Crippen LogP contribution in [0.5, 0.6) is 11.5 Å². The van der Waals surface area contributed by atoms with Crippen molar-refractivity contribution in [3.63, 3.8) is 0 Å². The molecule has 0 N–H and O–H groups in total. The number of hydrogen-bond acceptors (Lipinski definition) is 6. The van der Waals surface area contributed by atoms with Crippen molar-refractivity contribution in [1.29, 1.82) is 0 Å². The minimum Gasteiger partial charge on any atom is -0.496 e. The molecular formula is C32H38N2O6S. The molecule has 2 aliphatic rings. The van der Waals surface area contributed by atoms with Gasteiger partial charge in [-0.2, -0.15) is 4.31 Å². The Hall–Kier alpha value is -3.40. The number of carbonyl (C=O) groups excluding carboxylic acids is 1. The zero-order valence-corrected chi connectivity index (χ0v) is 24.9. The van der Waals surface area contributed by atoms with E-state index in [4.69, 9.17) is 14.2 Å². The van der Waals surface area contributed by atoms with E-state index in [1.54, 1.807) is 41.6 Å². The van der Waals surface area contributed by atoms with E-state index in [1.807, 2.05) is 62.4 Å². The molecule has 3 atom stereocenters. The third-order valence-corrected chi connectivity index (χ3v) is 9.87. The zero-order chi connectivity index (χ0) is 29.1. The molecule has 3 aromatic rings. The summed E-state index contributed by atoms with van der Waals surface area (Å²) in [6.45, 7) is 5.18. The molecule has 218 valence electrons. The Balaban J connectivity index is 1.29. The van der Waals surface area contributed by atoms with Gasteiger partial charge in [-0.05, 0) is 62.1 Å². The maximum Gasteiger partial charge on any atom is 0.254 e. The van der Waals surface area contributed by atoms with Crippen LogP contribution in [0.25, 0.3) is 0 Å². The second kappa shape index (κ2) is 12.2. The molecule has 0 aromatic heterocycles. The van der Waals surface area contributed by atoms with Gasteiger partial charge in [0, 0.05) is 24.8 Å². The van der Waals surface area contributed by atoms with E-state index in [9.17, 15) is 13.2 Å². The van der Waals surface area contributed by atoms with Crippen molar-refractivity contribution in [2.45, 2.75) is 50.7 Å². The van der Waals surface area contributed by atoms with E-state index < -0.39 is 10.0 Å². The number of carbonyl (C=O) groups is 1. The molecule has 3 aromatic carbocycles. The van der Waals surface area contributed by atoms with Gasteiger partial charge in [-0.25, -0.2) is 8.42 Å². The Morgan fingerprint density at radius 2 is 1.73 bits per heavy atom.